The number of hydrogen-bond acceptors (Lipinski definition) is 4. The number of nitrogens with two attached hydrogens (primary N) is 1. The van der Waals surface area contributed by atoms with Crippen molar-refractivity contribution in [3.63, 3.8) is 0 Å². The molecular weight excluding hydrogens is 180 g/mol. The maximum absolute atomic E-state index is 11.7. The van der Waals surface area contributed by atoms with Crippen LogP contribution < -0.4 is 11.3 Å². The van der Waals surface area contributed by atoms with Crippen LogP contribution in [0.2, 0.25) is 0 Å². The standard InChI is InChI=1S/C9H14N4O/c1-3-13(2)9(14)7-6-11-5-4-8(7)12-10/h4-6H,3,10H2,1-2H3,(H,11,12). The molecule has 1 aromatic heterocycles. The minimum Gasteiger partial charge on any atom is -0.342 e. The Kier molecular flexibility index (Phi) is 3.41. The van der Waals surface area contributed by atoms with Crippen molar-refractivity contribution in [1.29, 1.82) is 0 Å². The molecule has 0 bridgehead atoms. The highest BCUT2D eigenvalue weighted by Crippen LogP contribution is 2.13. The Morgan fingerprint density at radius 2 is 2.43 bits per heavy atom. The highest BCUT2D eigenvalue weighted by molar-refractivity contribution is 5.98. The lowest BCUT2D eigenvalue weighted by Gasteiger charge is -2.16. The molecule has 5 nitrogen and oxygen atoms in total. The zero-order valence-corrected chi connectivity index (χ0v) is 8.32. The fraction of sp³-hybridized carbons (Fsp3) is 0.333. The number of amides is 1. The summed E-state index contributed by atoms with van der Waals surface area (Å²) in [5, 5.41) is 0. The van der Waals surface area contributed by atoms with Gasteiger partial charge >= 0.3 is 0 Å². The second-order valence-corrected chi connectivity index (χ2v) is 2.88. The Morgan fingerprint density at radius 3 is 3.00 bits per heavy atom. The van der Waals surface area contributed by atoms with Crippen LogP contribution in [0.5, 0.6) is 0 Å². The number of nitrogen functional groups attached to an aromatic ring is 1. The molecule has 76 valence electrons. The number of anilines is 1. The first-order valence-electron chi connectivity index (χ1n) is 4.36. The Balaban J connectivity index is 3.00. The molecule has 0 aromatic carbocycles. The number of nitrogens with zero attached hydrogens (tertiary/aromatic N) is 2. The molecular formula is C9H14N4O. The number of rotatable bonds is 3. The number of carbonyl (C=O) groups is 1. The van der Waals surface area contributed by atoms with E-state index in [1.54, 1.807) is 24.2 Å². The molecule has 1 amide bonds. The third-order valence-corrected chi connectivity index (χ3v) is 2.03. The summed E-state index contributed by atoms with van der Waals surface area (Å²) < 4.78 is 0. The van der Waals surface area contributed by atoms with Crippen LogP contribution in [0.3, 0.4) is 0 Å². The van der Waals surface area contributed by atoms with Crippen LogP contribution in [0.25, 0.3) is 0 Å². The van der Waals surface area contributed by atoms with Gasteiger partial charge in [0.1, 0.15) is 0 Å². The predicted octanol–water partition coefficient (Wildman–Crippen LogP) is 0.459. The van der Waals surface area contributed by atoms with Crippen LogP contribution in [0, 0.1) is 0 Å². The third-order valence-electron chi connectivity index (χ3n) is 2.03. The first kappa shape index (κ1) is 10.5. The second kappa shape index (κ2) is 4.57. The van der Waals surface area contributed by atoms with Crippen molar-refractivity contribution < 1.29 is 4.79 Å². The van der Waals surface area contributed by atoms with Crippen LogP contribution >= 0.6 is 0 Å². The number of hydrazine groups is 1. The van der Waals surface area contributed by atoms with Gasteiger partial charge in [-0.25, -0.2) is 0 Å². The summed E-state index contributed by atoms with van der Waals surface area (Å²) in [4.78, 5) is 17.2. The maximum Gasteiger partial charge on any atom is 0.257 e. The summed E-state index contributed by atoms with van der Waals surface area (Å²) in [5.41, 5.74) is 3.54. The van der Waals surface area contributed by atoms with E-state index in [0.29, 0.717) is 17.8 Å². The van der Waals surface area contributed by atoms with E-state index in [2.05, 4.69) is 10.4 Å². The lowest BCUT2D eigenvalue weighted by molar-refractivity contribution is 0.0803. The summed E-state index contributed by atoms with van der Waals surface area (Å²) in [6, 6.07) is 1.66. The molecule has 0 radical (unpaired) electrons. The molecule has 0 atom stereocenters. The second-order valence-electron chi connectivity index (χ2n) is 2.88. The van der Waals surface area contributed by atoms with Crippen molar-refractivity contribution in [1.82, 2.24) is 9.88 Å². The van der Waals surface area contributed by atoms with Gasteiger partial charge in [-0.3, -0.25) is 15.6 Å². The maximum atomic E-state index is 11.7. The minimum absolute atomic E-state index is 0.0893. The van der Waals surface area contributed by atoms with Crippen molar-refractivity contribution in [2.45, 2.75) is 6.92 Å². The number of hydrogen-bond donors (Lipinski definition) is 2. The zero-order chi connectivity index (χ0) is 10.6. The van der Waals surface area contributed by atoms with Crippen LogP contribution in [0.4, 0.5) is 5.69 Å². The van der Waals surface area contributed by atoms with Crippen LogP contribution in [-0.2, 0) is 0 Å². The van der Waals surface area contributed by atoms with Crippen molar-refractivity contribution in [2.75, 3.05) is 19.0 Å². The lowest BCUT2D eigenvalue weighted by Crippen LogP contribution is -2.27. The summed E-state index contributed by atoms with van der Waals surface area (Å²) >= 11 is 0. The van der Waals surface area contributed by atoms with Gasteiger partial charge in [0.25, 0.3) is 5.91 Å². The molecule has 0 fully saturated rings. The highest BCUT2D eigenvalue weighted by atomic mass is 16.2. The van der Waals surface area contributed by atoms with Gasteiger partial charge in [-0.05, 0) is 13.0 Å². The molecule has 1 aromatic rings. The van der Waals surface area contributed by atoms with Gasteiger partial charge in [0.2, 0.25) is 0 Å². The van der Waals surface area contributed by atoms with Crippen LogP contribution in [-0.4, -0.2) is 29.4 Å². The first-order valence-corrected chi connectivity index (χ1v) is 4.36. The summed E-state index contributed by atoms with van der Waals surface area (Å²) in [5.74, 6) is 5.19. The van der Waals surface area contributed by atoms with E-state index in [9.17, 15) is 4.79 Å². The predicted molar refractivity (Wildman–Crippen MR) is 54.7 cm³/mol. The molecule has 0 saturated carbocycles. The van der Waals surface area contributed by atoms with Crippen molar-refractivity contribution in [3.05, 3.63) is 24.0 Å². The number of aromatic nitrogens is 1. The fourth-order valence-electron chi connectivity index (χ4n) is 1.04. The molecule has 0 aliphatic rings. The normalized spacial score (nSPS) is 9.64. The van der Waals surface area contributed by atoms with E-state index in [-0.39, 0.29) is 5.91 Å². The van der Waals surface area contributed by atoms with Gasteiger partial charge in [0.05, 0.1) is 11.3 Å². The summed E-state index contributed by atoms with van der Waals surface area (Å²) in [6.45, 7) is 2.56. The molecule has 0 spiro atoms. The number of pyridine rings is 1. The molecule has 0 aliphatic carbocycles. The molecule has 5 heteroatoms. The largest absolute Gasteiger partial charge is 0.342 e. The van der Waals surface area contributed by atoms with E-state index < -0.39 is 0 Å². The smallest absolute Gasteiger partial charge is 0.257 e. The Bertz CT molecular complexity index is 326. The molecule has 14 heavy (non-hydrogen) atoms. The Hall–Kier alpha value is -1.62. The van der Waals surface area contributed by atoms with Gasteiger partial charge in [0, 0.05) is 26.0 Å². The third kappa shape index (κ3) is 2.00. The van der Waals surface area contributed by atoms with Crippen molar-refractivity contribution in [2.24, 2.45) is 5.84 Å². The van der Waals surface area contributed by atoms with E-state index in [4.69, 9.17) is 5.84 Å². The SMILES string of the molecule is CCN(C)C(=O)c1cnccc1NN. The number of carbonyl (C=O) groups excluding carboxylic acids is 1. The Morgan fingerprint density at radius 1 is 1.71 bits per heavy atom. The van der Waals surface area contributed by atoms with Gasteiger partial charge < -0.3 is 10.3 Å². The average Bonchev–Trinajstić information content (AvgIpc) is 2.26. The lowest BCUT2D eigenvalue weighted by atomic mass is 10.2. The zero-order valence-electron chi connectivity index (χ0n) is 8.32. The number of nitrogens with one attached hydrogen (secondary N) is 1. The first-order chi connectivity index (χ1) is 6.70. The monoisotopic (exact) mass is 194 g/mol. The highest BCUT2D eigenvalue weighted by Gasteiger charge is 2.13. The average molecular weight is 194 g/mol. The van der Waals surface area contributed by atoms with Crippen molar-refractivity contribution in [3.8, 4) is 0 Å². The quantitative estimate of drug-likeness (QED) is 0.541. The molecule has 1 heterocycles. The Labute approximate surface area is 82.9 Å². The van der Waals surface area contributed by atoms with E-state index in [0.717, 1.165) is 0 Å². The van der Waals surface area contributed by atoms with Gasteiger partial charge in [-0.1, -0.05) is 0 Å². The van der Waals surface area contributed by atoms with Gasteiger partial charge in [0.15, 0.2) is 0 Å². The van der Waals surface area contributed by atoms with Crippen LogP contribution in [0.1, 0.15) is 17.3 Å². The van der Waals surface area contributed by atoms with E-state index in [1.807, 2.05) is 6.92 Å². The van der Waals surface area contributed by atoms with E-state index in [1.165, 1.54) is 6.20 Å². The van der Waals surface area contributed by atoms with Gasteiger partial charge in [-0.15, -0.1) is 0 Å². The fourth-order valence-corrected chi connectivity index (χ4v) is 1.04. The molecule has 3 N–H and O–H groups in total. The molecule has 0 unspecified atom stereocenters. The van der Waals surface area contributed by atoms with E-state index >= 15 is 0 Å². The molecule has 0 aliphatic heterocycles. The van der Waals surface area contributed by atoms with Crippen LogP contribution in [0.15, 0.2) is 18.5 Å². The van der Waals surface area contributed by atoms with Crippen molar-refractivity contribution >= 4 is 11.6 Å². The minimum atomic E-state index is -0.0893. The summed E-state index contributed by atoms with van der Waals surface area (Å²) in [7, 11) is 1.73. The van der Waals surface area contributed by atoms with Gasteiger partial charge in [-0.2, -0.15) is 0 Å². The summed E-state index contributed by atoms with van der Waals surface area (Å²) in [6.07, 6.45) is 3.08. The molecule has 1 rings (SSSR count). The topological polar surface area (TPSA) is 71.2 Å². The molecule has 0 saturated heterocycles.